The molecule has 0 bridgehead atoms. The summed E-state index contributed by atoms with van der Waals surface area (Å²) in [4.78, 5) is 10.3. The molecule has 0 saturated carbocycles. The van der Waals surface area contributed by atoms with Crippen LogP contribution in [0.3, 0.4) is 0 Å². The van der Waals surface area contributed by atoms with Crippen molar-refractivity contribution < 1.29 is 50.4 Å². The molecule has 1 aliphatic heterocycles. The Bertz CT molecular complexity index is 300. The van der Waals surface area contributed by atoms with Crippen molar-refractivity contribution in [3.8, 4) is 0 Å². The van der Waals surface area contributed by atoms with Crippen molar-refractivity contribution in [2.75, 3.05) is 26.4 Å². The molecular weight excluding hydrogens is 304 g/mol. The number of ketones is 1. The standard InChI is InChI=1S/2C5H10O5.2CH4/c6-2-5(9)4(8)3(7)1-10-5;6-1-3(8)5(10)4(9)2-7;;/h3-4,6-9H,1-2H2;3,5-8,10H,1-2H2;2*1H4/t3-,4+,5?;3-,5-;;/m11../s1. The first-order valence-corrected chi connectivity index (χ1v) is 5.67. The van der Waals surface area contributed by atoms with Crippen LogP contribution in [0.25, 0.3) is 0 Å². The summed E-state index contributed by atoms with van der Waals surface area (Å²) in [6, 6.07) is 0. The highest BCUT2D eigenvalue weighted by Crippen LogP contribution is 2.22. The summed E-state index contributed by atoms with van der Waals surface area (Å²) < 4.78 is 4.52. The minimum Gasteiger partial charge on any atom is -0.394 e. The first kappa shape index (κ1) is 26.2. The van der Waals surface area contributed by atoms with Crippen LogP contribution in [0.2, 0.25) is 0 Å². The molecule has 0 radical (unpaired) electrons. The molecule has 10 nitrogen and oxygen atoms in total. The monoisotopic (exact) mass is 332 g/mol. The quantitative estimate of drug-likeness (QED) is 0.246. The lowest BCUT2D eigenvalue weighted by atomic mass is 10.1. The Kier molecular flexibility index (Phi) is 14.1. The molecule has 1 saturated heterocycles. The van der Waals surface area contributed by atoms with E-state index in [2.05, 4.69) is 4.74 Å². The van der Waals surface area contributed by atoms with Crippen LogP contribution in [0.4, 0.5) is 0 Å². The van der Waals surface area contributed by atoms with Gasteiger partial charge in [-0.1, -0.05) is 14.9 Å². The van der Waals surface area contributed by atoms with Crippen LogP contribution in [-0.2, 0) is 9.53 Å². The SMILES string of the molecule is C.C.O=C(CO)[C@H](O)[C@H](O)CO.OCC1(O)OC[C@@H](O)[C@@H]1O. The Balaban J connectivity index is -0.000000301. The summed E-state index contributed by atoms with van der Waals surface area (Å²) in [6.07, 6.45) is -5.72. The molecule has 5 atom stereocenters. The zero-order chi connectivity index (χ0) is 15.9. The fourth-order valence-electron chi connectivity index (χ4n) is 1.25. The second-order valence-electron chi connectivity index (χ2n) is 4.15. The Morgan fingerprint density at radius 3 is 1.91 bits per heavy atom. The van der Waals surface area contributed by atoms with Gasteiger partial charge in [-0.3, -0.25) is 4.79 Å². The van der Waals surface area contributed by atoms with E-state index < -0.39 is 55.8 Å². The molecule has 1 fully saturated rings. The van der Waals surface area contributed by atoms with Crippen LogP contribution < -0.4 is 0 Å². The highest BCUT2D eigenvalue weighted by atomic mass is 16.7. The molecule has 0 amide bonds. The molecule has 0 aromatic heterocycles. The van der Waals surface area contributed by atoms with E-state index in [1.165, 1.54) is 0 Å². The normalized spacial score (nSPS) is 29.3. The molecule has 136 valence electrons. The molecular formula is C12H28O10. The van der Waals surface area contributed by atoms with Crippen LogP contribution in [0, 0.1) is 0 Å². The number of carbonyl (C=O) groups excluding carboxylic acids is 1. The molecule has 8 N–H and O–H groups in total. The predicted molar refractivity (Wildman–Crippen MR) is 74.7 cm³/mol. The third-order valence-corrected chi connectivity index (χ3v) is 2.59. The van der Waals surface area contributed by atoms with Crippen molar-refractivity contribution in [3.05, 3.63) is 0 Å². The average Bonchev–Trinajstić information content (AvgIpc) is 2.73. The lowest BCUT2D eigenvalue weighted by Crippen LogP contribution is -2.46. The smallest absolute Gasteiger partial charge is 0.218 e. The fraction of sp³-hybridized carbons (Fsp3) is 0.917. The van der Waals surface area contributed by atoms with E-state index >= 15 is 0 Å². The number of aliphatic hydroxyl groups excluding tert-OH is 7. The van der Waals surface area contributed by atoms with Gasteiger partial charge in [0.25, 0.3) is 0 Å². The molecule has 1 heterocycles. The van der Waals surface area contributed by atoms with Crippen LogP contribution in [0.5, 0.6) is 0 Å². The average molecular weight is 332 g/mol. The molecule has 1 rings (SSSR count). The molecule has 22 heavy (non-hydrogen) atoms. The first-order chi connectivity index (χ1) is 9.23. The van der Waals surface area contributed by atoms with Gasteiger partial charge in [-0.25, -0.2) is 0 Å². The summed E-state index contributed by atoms with van der Waals surface area (Å²) in [5, 5.41) is 68.9. The molecule has 0 aromatic carbocycles. The van der Waals surface area contributed by atoms with E-state index in [-0.39, 0.29) is 21.5 Å². The van der Waals surface area contributed by atoms with Crippen molar-refractivity contribution in [3.63, 3.8) is 0 Å². The minimum absolute atomic E-state index is 0. The van der Waals surface area contributed by atoms with Gasteiger partial charge in [0.1, 0.15) is 31.0 Å². The number of rotatable bonds is 5. The summed E-state index contributed by atoms with van der Waals surface area (Å²) in [5.41, 5.74) is 0. The molecule has 1 aliphatic rings. The van der Waals surface area contributed by atoms with Gasteiger partial charge in [0.2, 0.25) is 5.79 Å². The highest BCUT2D eigenvalue weighted by Gasteiger charge is 2.47. The van der Waals surface area contributed by atoms with Crippen molar-refractivity contribution in [1.82, 2.24) is 0 Å². The maximum atomic E-state index is 10.3. The van der Waals surface area contributed by atoms with E-state index in [4.69, 9.17) is 40.9 Å². The number of aliphatic hydroxyl groups is 8. The summed E-state index contributed by atoms with van der Waals surface area (Å²) in [5.74, 6) is -2.87. The zero-order valence-electron chi connectivity index (χ0n) is 10.5. The third-order valence-electron chi connectivity index (χ3n) is 2.59. The minimum atomic E-state index is -1.97. The topological polar surface area (TPSA) is 188 Å². The lowest BCUT2D eigenvalue weighted by Gasteiger charge is -2.22. The van der Waals surface area contributed by atoms with Gasteiger partial charge in [-0.2, -0.15) is 0 Å². The Morgan fingerprint density at radius 2 is 1.68 bits per heavy atom. The van der Waals surface area contributed by atoms with Crippen LogP contribution >= 0.6 is 0 Å². The van der Waals surface area contributed by atoms with E-state index in [0.717, 1.165) is 0 Å². The van der Waals surface area contributed by atoms with Gasteiger partial charge in [-0.05, 0) is 0 Å². The van der Waals surface area contributed by atoms with E-state index in [0.29, 0.717) is 0 Å². The van der Waals surface area contributed by atoms with Crippen LogP contribution in [-0.4, -0.2) is 103 Å². The predicted octanol–water partition coefficient (Wildman–Crippen LogP) is -4.05. The highest BCUT2D eigenvalue weighted by molar-refractivity contribution is 5.84. The Labute approximate surface area is 128 Å². The van der Waals surface area contributed by atoms with E-state index in [1.54, 1.807) is 0 Å². The third kappa shape index (κ3) is 7.05. The number of carbonyl (C=O) groups is 1. The molecule has 1 unspecified atom stereocenters. The zero-order valence-corrected chi connectivity index (χ0v) is 10.5. The van der Waals surface area contributed by atoms with Gasteiger partial charge in [-0.15, -0.1) is 0 Å². The molecule has 0 spiro atoms. The van der Waals surface area contributed by atoms with Gasteiger partial charge >= 0.3 is 0 Å². The lowest BCUT2D eigenvalue weighted by molar-refractivity contribution is -0.234. The maximum absolute atomic E-state index is 10.3. The van der Waals surface area contributed by atoms with Gasteiger partial charge in [0.05, 0.1) is 19.8 Å². The van der Waals surface area contributed by atoms with Crippen molar-refractivity contribution in [2.45, 2.75) is 45.1 Å². The van der Waals surface area contributed by atoms with E-state index in [1.807, 2.05) is 0 Å². The van der Waals surface area contributed by atoms with Crippen LogP contribution in [0.15, 0.2) is 0 Å². The van der Waals surface area contributed by atoms with Crippen molar-refractivity contribution in [2.24, 2.45) is 0 Å². The fourth-order valence-corrected chi connectivity index (χ4v) is 1.25. The molecule has 10 heteroatoms. The van der Waals surface area contributed by atoms with Crippen molar-refractivity contribution >= 4 is 5.78 Å². The Hall–Kier alpha value is -0.690. The number of hydrogen-bond acceptors (Lipinski definition) is 10. The molecule has 0 aromatic rings. The van der Waals surface area contributed by atoms with E-state index in [9.17, 15) is 4.79 Å². The van der Waals surface area contributed by atoms with Gasteiger partial charge < -0.3 is 45.6 Å². The number of Topliss-reactive ketones (excluding diaryl/α,β-unsaturated/α-hetero) is 1. The second-order valence-corrected chi connectivity index (χ2v) is 4.15. The number of hydrogen-bond donors (Lipinski definition) is 8. The number of ether oxygens (including phenoxy) is 1. The van der Waals surface area contributed by atoms with Crippen LogP contribution in [0.1, 0.15) is 14.9 Å². The van der Waals surface area contributed by atoms with Gasteiger partial charge in [0, 0.05) is 0 Å². The Morgan fingerprint density at radius 1 is 1.18 bits per heavy atom. The molecule has 0 aliphatic carbocycles. The first-order valence-electron chi connectivity index (χ1n) is 5.67. The van der Waals surface area contributed by atoms with Crippen molar-refractivity contribution in [1.29, 1.82) is 0 Å². The summed E-state index contributed by atoms with van der Waals surface area (Å²) in [6.45, 7) is -2.41. The largest absolute Gasteiger partial charge is 0.394 e. The van der Waals surface area contributed by atoms with Gasteiger partial charge in [0.15, 0.2) is 5.78 Å². The maximum Gasteiger partial charge on any atom is 0.218 e. The summed E-state index contributed by atoms with van der Waals surface area (Å²) >= 11 is 0. The second kappa shape index (κ2) is 11.8. The summed E-state index contributed by atoms with van der Waals surface area (Å²) in [7, 11) is 0.